The molecule has 0 aliphatic heterocycles. The van der Waals surface area contributed by atoms with Crippen molar-refractivity contribution < 1.29 is 25.8 Å². The van der Waals surface area contributed by atoms with Gasteiger partial charge in [0.15, 0.2) is 0 Å². The Balaban J connectivity index is 3.97. The largest absolute Gasteiger partial charge is 0.393 e. The van der Waals surface area contributed by atoms with Gasteiger partial charge in [0.25, 0.3) is 10.1 Å². The van der Waals surface area contributed by atoms with E-state index in [9.17, 15) is 21.6 Å². The topological polar surface area (TPSA) is 43.4 Å². The van der Waals surface area contributed by atoms with E-state index in [1.165, 1.54) is 0 Å². The minimum absolute atomic E-state index is 0.704. The summed E-state index contributed by atoms with van der Waals surface area (Å²) in [7, 11) is -3.78. The maximum atomic E-state index is 11.7. The molecular weight excluding hydrogens is 197 g/mol. The van der Waals surface area contributed by atoms with Crippen molar-refractivity contribution in [2.24, 2.45) is 5.92 Å². The zero-order valence-electron chi connectivity index (χ0n) is 6.55. The van der Waals surface area contributed by atoms with Gasteiger partial charge < -0.3 is 0 Å². The minimum atomic E-state index is -4.41. The Kier molecular flexibility index (Phi) is 3.52. The Hall–Kier alpha value is -0.300. The maximum Gasteiger partial charge on any atom is 0.393 e. The van der Waals surface area contributed by atoms with Crippen molar-refractivity contribution in [2.75, 3.05) is 12.9 Å². The van der Waals surface area contributed by atoms with Crippen molar-refractivity contribution in [2.45, 2.75) is 13.1 Å². The summed E-state index contributed by atoms with van der Waals surface area (Å²) in [6, 6.07) is 0. The van der Waals surface area contributed by atoms with Crippen LogP contribution in [0.1, 0.15) is 6.92 Å². The van der Waals surface area contributed by atoms with E-state index in [1.807, 2.05) is 0 Å². The number of rotatable bonds is 3. The van der Waals surface area contributed by atoms with Crippen molar-refractivity contribution >= 4 is 10.1 Å². The van der Waals surface area contributed by atoms with Gasteiger partial charge >= 0.3 is 6.18 Å². The Labute approximate surface area is 68.6 Å². The van der Waals surface area contributed by atoms with Gasteiger partial charge in [-0.25, -0.2) is 0 Å². The highest BCUT2D eigenvalue weighted by molar-refractivity contribution is 7.85. The van der Waals surface area contributed by atoms with E-state index in [1.54, 1.807) is 0 Å². The Bertz CT molecular complexity index is 231. The smallest absolute Gasteiger partial charge is 0.270 e. The maximum absolute atomic E-state index is 11.7. The fourth-order valence-corrected chi connectivity index (χ4v) is 0.771. The summed E-state index contributed by atoms with van der Waals surface area (Å²) in [6.07, 6.45) is -3.71. The highest BCUT2D eigenvalue weighted by Crippen LogP contribution is 2.25. The SMILES string of the molecule is CC(COS(C)(=O)=O)C(F)(F)F. The van der Waals surface area contributed by atoms with Crippen LogP contribution in [0, 0.1) is 5.92 Å². The third-order valence-electron chi connectivity index (χ3n) is 1.09. The zero-order valence-corrected chi connectivity index (χ0v) is 7.37. The molecule has 3 nitrogen and oxygen atoms in total. The van der Waals surface area contributed by atoms with Crippen LogP contribution in [0.15, 0.2) is 0 Å². The molecule has 0 heterocycles. The Morgan fingerprint density at radius 2 is 1.83 bits per heavy atom. The van der Waals surface area contributed by atoms with Gasteiger partial charge in [-0.05, 0) is 0 Å². The third-order valence-corrected chi connectivity index (χ3v) is 1.66. The molecule has 0 radical (unpaired) electrons. The Morgan fingerprint density at radius 3 is 2.08 bits per heavy atom. The first kappa shape index (κ1) is 11.7. The van der Waals surface area contributed by atoms with Gasteiger partial charge in [-0.15, -0.1) is 0 Å². The second kappa shape index (κ2) is 3.61. The monoisotopic (exact) mass is 206 g/mol. The predicted octanol–water partition coefficient (Wildman–Crippen LogP) is 1.16. The first-order chi connectivity index (χ1) is 5.13. The van der Waals surface area contributed by atoms with Crippen molar-refractivity contribution in [3.63, 3.8) is 0 Å². The van der Waals surface area contributed by atoms with Crippen LogP contribution in [-0.2, 0) is 14.3 Å². The molecule has 0 aromatic carbocycles. The summed E-state index contributed by atoms with van der Waals surface area (Å²) in [5.41, 5.74) is 0. The molecule has 7 heteroatoms. The van der Waals surface area contributed by atoms with E-state index in [0.29, 0.717) is 6.26 Å². The summed E-state index contributed by atoms with van der Waals surface area (Å²) >= 11 is 0. The van der Waals surface area contributed by atoms with E-state index in [-0.39, 0.29) is 0 Å². The molecule has 0 N–H and O–H groups in total. The van der Waals surface area contributed by atoms with Gasteiger partial charge in [0.2, 0.25) is 0 Å². The lowest BCUT2D eigenvalue weighted by Gasteiger charge is -2.13. The second-order valence-corrected chi connectivity index (χ2v) is 4.08. The molecule has 0 bridgehead atoms. The Morgan fingerprint density at radius 1 is 1.42 bits per heavy atom. The minimum Gasteiger partial charge on any atom is -0.270 e. The molecule has 0 fully saturated rings. The molecule has 0 aliphatic rings. The average molecular weight is 206 g/mol. The normalized spacial score (nSPS) is 16.1. The molecule has 0 aromatic heterocycles. The lowest BCUT2D eigenvalue weighted by Crippen LogP contribution is -2.25. The third kappa shape index (κ3) is 5.36. The van der Waals surface area contributed by atoms with Crippen molar-refractivity contribution in [1.29, 1.82) is 0 Å². The highest BCUT2D eigenvalue weighted by Gasteiger charge is 2.36. The van der Waals surface area contributed by atoms with Crippen LogP contribution in [-0.4, -0.2) is 27.5 Å². The zero-order chi connectivity index (χ0) is 9.99. The molecule has 0 rings (SSSR count). The van der Waals surface area contributed by atoms with Gasteiger partial charge in [-0.1, -0.05) is 6.92 Å². The van der Waals surface area contributed by atoms with E-state index in [0.717, 1.165) is 6.92 Å². The van der Waals surface area contributed by atoms with E-state index < -0.39 is 28.8 Å². The molecule has 0 aliphatic carbocycles. The molecule has 0 saturated carbocycles. The quantitative estimate of drug-likeness (QED) is 0.651. The lowest BCUT2D eigenvalue weighted by atomic mass is 10.2. The number of alkyl halides is 3. The average Bonchev–Trinajstić information content (AvgIpc) is 1.78. The van der Waals surface area contributed by atoms with Crippen LogP contribution >= 0.6 is 0 Å². The van der Waals surface area contributed by atoms with Gasteiger partial charge in [0.05, 0.1) is 18.8 Å². The van der Waals surface area contributed by atoms with Crippen LogP contribution in [0.25, 0.3) is 0 Å². The molecule has 0 spiro atoms. The fraction of sp³-hybridized carbons (Fsp3) is 1.00. The molecular formula is C5H9F3O3S. The van der Waals surface area contributed by atoms with Crippen LogP contribution in [0.5, 0.6) is 0 Å². The highest BCUT2D eigenvalue weighted by atomic mass is 32.2. The number of hydrogen-bond acceptors (Lipinski definition) is 3. The van der Waals surface area contributed by atoms with Crippen molar-refractivity contribution in [1.82, 2.24) is 0 Å². The molecule has 0 amide bonds. The molecule has 74 valence electrons. The fourth-order valence-electron chi connectivity index (χ4n) is 0.320. The molecule has 0 aromatic rings. The van der Waals surface area contributed by atoms with Crippen LogP contribution in [0.3, 0.4) is 0 Å². The summed E-state index contributed by atoms with van der Waals surface area (Å²) in [5.74, 6) is -1.77. The van der Waals surface area contributed by atoms with E-state index in [4.69, 9.17) is 0 Å². The van der Waals surface area contributed by atoms with Gasteiger partial charge in [0.1, 0.15) is 0 Å². The van der Waals surface area contributed by atoms with Crippen molar-refractivity contribution in [3.05, 3.63) is 0 Å². The van der Waals surface area contributed by atoms with E-state index >= 15 is 0 Å². The van der Waals surface area contributed by atoms with E-state index in [2.05, 4.69) is 4.18 Å². The van der Waals surface area contributed by atoms with Gasteiger partial charge in [0, 0.05) is 0 Å². The first-order valence-corrected chi connectivity index (χ1v) is 4.85. The lowest BCUT2D eigenvalue weighted by molar-refractivity contribution is -0.175. The molecule has 12 heavy (non-hydrogen) atoms. The van der Waals surface area contributed by atoms with Gasteiger partial charge in [-0.2, -0.15) is 21.6 Å². The van der Waals surface area contributed by atoms with Crippen molar-refractivity contribution in [3.8, 4) is 0 Å². The summed E-state index contributed by atoms with van der Waals surface area (Å²) < 4.78 is 59.8. The van der Waals surface area contributed by atoms with Crippen LogP contribution in [0.4, 0.5) is 13.2 Å². The standard InChI is InChI=1S/C5H9F3O3S/c1-4(5(6,7)8)3-11-12(2,9)10/h4H,3H2,1-2H3. The van der Waals surface area contributed by atoms with Gasteiger partial charge in [-0.3, -0.25) is 4.18 Å². The number of halogens is 3. The summed E-state index contributed by atoms with van der Waals surface area (Å²) in [5, 5.41) is 0. The first-order valence-electron chi connectivity index (χ1n) is 3.04. The molecule has 0 saturated heterocycles. The second-order valence-electron chi connectivity index (χ2n) is 2.43. The van der Waals surface area contributed by atoms with Crippen LogP contribution in [0.2, 0.25) is 0 Å². The molecule has 1 unspecified atom stereocenters. The molecule has 1 atom stereocenters. The number of hydrogen-bond donors (Lipinski definition) is 0. The summed E-state index contributed by atoms with van der Waals surface area (Å²) in [6.45, 7) is -0.00644. The summed E-state index contributed by atoms with van der Waals surface area (Å²) in [4.78, 5) is 0. The predicted molar refractivity (Wildman–Crippen MR) is 36.0 cm³/mol. The van der Waals surface area contributed by atoms with Crippen LogP contribution < -0.4 is 0 Å².